The Morgan fingerprint density at radius 2 is 2.29 bits per heavy atom. The molecular formula is C12H19N5. The number of nitrogens with one attached hydrogen (secondary N) is 1. The van der Waals surface area contributed by atoms with Crippen molar-refractivity contribution < 1.29 is 0 Å². The van der Waals surface area contributed by atoms with Crippen LogP contribution < -0.4 is 16.0 Å². The van der Waals surface area contributed by atoms with Gasteiger partial charge < -0.3 is 16.0 Å². The molecule has 2 aliphatic rings. The largest absolute Gasteiger partial charge is 0.368 e. The van der Waals surface area contributed by atoms with Crippen LogP contribution in [-0.2, 0) is 0 Å². The van der Waals surface area contributed by atoms with Crippen LogP contribution in [0.3, 0.4) is 0 Å². The van der Waals surface area contributed by atoms with Gasteiger partial charge in [0.25, 0.3) is 0 Å². The number of nitrogens with two attached hydrogens (primary N) is 1. The number of aryl methyl sites for hydroxylation is 1. The van der Waals surface area contributed by atoms with Crippen molar-refractivity contribution in [3.05, 3.63) is 11.8 Å². The average molecular weight is 233 g/mol. The highest BCUT2D eigenvalue weighted by molar-refractivity contribution is 5.45. The molecule has 2 aliphatic heterocycles. The predicted octanol–water partition coefficient (Wildman–Crippen LogP) is 0.555. The first-order valence-corrected chi connectivity index (χ1v) is 6.32. The van der Waals surface area contributed by atoms with Gasteiger partial charge in [-0.25, -0.2) is 4.98 Å². The van der Waals surface area contributed by atoms with Crippen molar-refractivity contribution in [3.63, 3.8) is 0 Å². The minimum absolute atomic E-state index is 0.378. The molecule has 3 rings (SSSR count). The second-order valence-electron chi connectivity index (χ2n) is 5.09. The number of nitrogens with zero attached hydrogens (tertiary/aromatic N) is 3. The Balaban J connectivity index is 1.81. The molecule has 0 saturated carbocycles. The van der Waals surface area contributed by atoms with Crippen LogP contribution in [0.4, 0.5) is 11.8 Å². The minimum Gasteiger partial charge on any atom is -0.368 e. The summed E-state index contributed by atoms with van der Waals surface area (Å²) in [6, 6.07) is 2.65. The molecule has 0 unspecified atom stereocenters. The summed E-state index contributed by atoms with van der Waals surface area (Å²) < 4.78 is 0. The molecule has 2 atom stereocenters. The number of nitrogen functional groups attached to an aromatic ring is 1. The molecule has 3 N–H and O–H groups in total. The first-order chi connectivity index (χ1) is 8.22. The third kappa shape index (κ3) is 2.07. The van der Waals surface area contributed by atoms with Gasteiger partial charge in [-0.3, -0.25) is 0 Å². The Hall–Kier alpha value is -1.36. The second kappa shape index (κ2) is 4.14. The van der Waals surface area contributed by atoms with Crippen molar-refractivity contribution in [2.24, 2.45) is 5.92 Å². The van der Waals surface area contributed by atoms with Gasteiger partial charge in [0.15, 0.2) is 0 Å². The van der Waals surface area contributed by atoms with Gasteiger partial charge in [-0.1, -0.05) is 0 Å². The van der Waals surface area contributed by atoms with Crippen LogP contribution in [0.25, 0.3) is 0 Å². The quantitative estimate of drug-likeness (QED) is 0.741. The minimum atomic E-state index is 0.378. The van der Waals surface area contributed by atoms with Gasteiger partial charge >= 0.3 is 0 Å². The van der Waals surface area contributed by atoms with E-state index in [4.69, 9.17) is 5.73 Å². The van der Waals surface area contributed by atoms with Gasteiger partial charge in [-0.05, 0) is 32.2 Å². The molecule has 17 heavy (non-hydrogen) atoms. The SMILES string of the molecule is Cc1cc(N2C[C@H]3CCCN[C@H]3C2)nc(N)n1. The van der Waals surface area contributed by atoms with Gasteiger partial charge in [-0.2, -0.15) is 4.98 Å². The van der Waals surface area contributed by atoms with Crippen molar-refractivity contribution in [1.82, 2.24) is 15.3 Å². The van der Waals surface area contributed by atoms with Gasteiger partial charge in [0.2, 0.25) is 5.95 Å². The molecule has 0 aliphatic carbocycles. The number of anilines is 2. The van der Waals surface area contributed by atoms with Crippen LogP contribution in [0.2, 0.25) is 0 Å². The number of fused-ring (bicyclic) bond motifs is 1. The van der Waals surface area contributed by atoms with Gasteiger partial charge in [0.05, 0.1) is 0 Å². The summed E-state index contributed by atoms with van der Waals surface area (Å²) in [6.07, 6.45) is 2.62. The van der Waals surface area contributed by atoms with E-state index in [1.54, 1.807) is 0 Å². The average Bonchev–Trinajstić information content (AvgIpc) is 2.71. The molecule has 2 fully saturated rings. The molecule has 0 spiro atoms. The molecular weight excluding hydrogens is 214 g/mol. The number of hydrogen-bond acceptors (Lipinski definition) is 5. The van der Waals surface area contributed by atoms with Gasteiger partial charge in [0, 0.05) is 30.9 Å². The third-order valence-electron chi connectivity index (χ3n) is 3.78. The molecule has 92 valence electrons. The van der Waals surface area contributed by atoms with E-state index < -0.39 is 0 Å². The normalized spacial score (nSPS) is 28.2. The van der Waals surface area contributed by atoms with E-state index in [1.165, 1.54) is 12.8 Å². The van der Waals surface area contributed by atoms with E-state index in [9.17, 15) is 0 Å². The molecule has 5 nitrogen and oxygen atoms in total. The fourth-order valence-electron chi connectivity index (χ4n) is 2.97. The lowest BCUT2D eigenvalue weighted by molar-refractivity contribution is 0.340. The molecule has 2 saturated heterocycles. The number of piperidine rings is 1. The lowest BCUT2D eigenvalue weighted by Gasteiger charge is -2.24. The lowest BCUT2D eigenvalue weighted by atomic mass is 9.94. The first kappa shape index (κ1) is 10.8. The molecule has 1 aromatic rings. The summed E-state index contributed by atoms with van der Waals surface area (Å²) in [7, 11) is 0. The standard InChI is InChI=1S/C12H19N5/c1-8-5-11(16-12(13)15-8)17-6-9-3-2-4-14-10(9)7-17/h5,9-10,14H,2-4,6-7H2,1H3,(H2,13,15,16)/t9-,10+/m1/s1. The summed E-state index contributed by atoms with van der Waals surface area (Å²) in [5.41, 5.74) is 6.65. The van der Waals surface area contributed by atoms with Gasteiger partial charge in [0.1, 0.15) is 5.82 Å². The Morgan fingerprint density at radius 1 is 1.41 bits per heavy atom. The summed E-state index contributed by atoms with van der Waals surface area (Å²) in [5.74, 6) is 2.12. The maximum Gasteiger partial charge on any atom is 0.222 e. The zero-order valence-corrected chi connectivity index (χ0v) is 10.2. The smallest absolute Gasteiger partial charge is 0.222 e. The fraction of sp³-hybridized carbons (Fsp3) is 0.667. The monoisotopic (exact) mass is 233 g/mol. The second-order valence-corrected chi connectivity index (χ2v) is 5.09. The molecule has 0 amide bonds. The Bertz CT molecular complexity index is 385. The highest BCUT2D eigenvalue weighted by Crippen LogP contribution is 2.28. The van der Waals surface area contributed by atoms with Crippen molar-refractivity contribution in [1.29, 1.82) is 0 Å². The van der Waals surface area contributed by atoms with E-state index in [0.717, 1.165) is 37.1 Å². The van der Waals surface area contributed by atoms with E-state index in [2.05, 4.69) is 20.2 Å². The van der Waals surface area contributed by atoms with Crippen LogP contribution >= 0.6 is 0 Å². The molecule has 0 bridgehead atoms. The van der Waals surface area contributed by atoms with Gasteiger partial charge in [-0.15, -0.1) is 0 Å². The highest BCUT2D eigenvalue weighted by atomic mass is 15.3. The van der Waals surface area contributed by atoms with Crippen LogP contribution in [0.1, 0.15) is 18.5 Å². The summed E-state index contributed by atoms with van der Waals surface area (Å²) in [6.45, 7) is 5.25. The van der Waals surface area contributed by atoms with E-state index in [-0.39, 0.29) is 0 Å². The molecule has 0 aromatic carbocycles. The van der Waals surface area contributed by atoms with Crippen molar-refractivity contribution in [2.75, 3.05) is 30.3 Å². The third-order valence-corrected chi connectivity index (χ3v) is 3.78. The molecule has 5 heteroatoms. The van der Waals surface area contributed by atoms with E-state index in [0.29, 0.717) is 12.0 Å². The Labute approximate surface area is 101 Å². The highest BCUT2D eigenvalue weighted by Gasteiger charge is 2.34. The van der Waals surface area contributed by atoms with E-state index >= 15 is 0 Å². The molecule has 3 heterocycles. The lowest BCUT2D eigenvalue weighted by Crippen LogP contribution is -2.40. The zero-order valence-electron chi connectivity index (χ0n) is 10.2. The maximum atomic E-state index is 5.71. The number of rotatable bonds is 1. The topological polar surface area (TPSA) is 67.1 Å². The van der Waals surface area contributed by atoms with Crippen molar-refractivity contribution in [2.45, 2.75) is 25.8 Å². The zero-order chi connectivity index (χ0) is 11.8. The van der Waals surface area contributed by atoms with Crippen LogP contribution in [0.5, 0.6) is 0 Å². The van der Waals surface area contributed by atoms with Crippen molar-refractivity contribution >= 4 is 11.8 Å². The Kier molecular flexibility index (Phi) is 2.63. The van der Waals surface area contributed by atoms with Crippen molar-refractivity contribution in [3.8, 4) is 0 Å². The number of aromatic nitrogens is 2. The molecule has 1 aromatic heterocycles. The first-order valence-electron chi connectivity index (χ1n) is 6.32. The van der Waals surface area contributed by atoms with Crippen LogP contribution in [0, 0.1) is 12.8 Å². The Morgan fingerprint density at radius 3 is 3.06 bits per heavy atom. The summed E-state index contributed by atoms with van der Waals surface area (Å²) in [5, 5.41) is 3.59. The maximum absolute atomic E-state index is 5.71. The number of hydrogen-bond donors (Lipinski definition) is 2. The van der Waals surface area contributed by atoms with E-state index in [1.807, 2.05) is 13.0 Å². The summed E-state index contributed by atoms with van der Waals surface area (Å²) >= 11 is 0. The van der Waals surface area contributed by atoms with Crippen LogP contribution in [-0.4, -0.2) is 35.6 Å². The van der Waals surface area contributed by atoms with Crippen LogP contribution in [0.15, 0.2) is 6.07 Å². The fourth-order valence-corrected chi connectivity index (χ4v) is 2.97. The summed E-state index contributed by atoms with van der Waals surface area (Å²) in [4.78, 5) is 10.8. The predicted molar refractivity (Wildman–Crippen MR) is 67.9 cm³/mol. The molecule has 0 radical (unpaired) electrons.